The number of hydrogen-bond acceptors (Lipinski definition) is 1. The molecule has 2 heteroatoms. The van der Waals surface area contributed by atoms with Crippen LogP contribution in [-0.4, -0.2) is 0 Å². The third kappa shape index (κ3) is 1.89. The molecule has 4 aromatic rings. The highest BCUT2D eigenvalue weighted by Crippen LogP contribution is 2.39. The van der Waals surface area contributed by atoms with Crippen LogP contribution in [0.1, 0.15) is 0 Å². The van der Waals surface area contributed by atoms with Crippen LogP contribution < -0.4 is 5.73 Å². The fourth-order valence-electron chi connectivity index (χ4n) is 2.95. The van der Waals surface area contributed by atoms with Crippen molar-refractivity contribution in [2.75, 3.05) is 5.73 Å². The van der Waals surface area contributed by atoms with E-state index >= 15 is 0 Å². The highest BCUT2D eigenvalue weighted by molar-refractivity contribution is 6.33. The van der Waals surface area contributed by atoms with E-state index in [-0.39, 0.29) is 0 Å². The fraction of sp³-hybridized carbons (Fsp3) is 0. The molecule has 0 spiro atoms. The molecule has 104 valence electrons. The van der Waals surface area contributed by atoms with Crippen LogP contribution in [0, 0.1) is 12.1 Å². The number of nitrogens with two attached hydrogens (primary N) is 1. The molecule has 0 unspecified atom stereocenters. The maximum Gasteiger partial charge on any atom is 0.114 e. The maximum absolute atomic E-state index is 6.21. The number of halogens is 1. The molecule has 4 rings (SSSR count). The van der Waals surface area contributed by atoms with Crippen molar-refractivity contribution in [1.82, 2.24) is 0 Å². The zero-order valence-corrected chi connectivity index (χ0v) is 12.5. The average Bonchev–Trinajstić information content (AvgIpc) is 2.55. The second kappa shape index (κ2) is 4.94. The van der Waals surface area contributed by atoms with Crippen molar-refractivity contribution in [1.29, 1.82) is 0 Å². The smallest absolute Gasteiger partial charge is 0.114 e. The zero-order valence-electron chi connectivity index (χ0n) is 11.7. The molecule has 0 saturated heterocycles. The molecule has 0 heterocycles. The fourth-order valence-corrected chi connectivity index (χ4v) is 3.10. The van der Waals surface area contributed by atoms with Crippen LogP contribution in [0.15, 0.2) is 60.7 Å². The van der Waals surface area contributed by atoms with Gasteiger partial charge in [0.2, 0.25) is 0 Å². The Labute approximate surface area is 133 Å². The monoisotopic (exact) mass is 301 g/mol. The molecule has 4 aromatic carbocycles. The number of benzene rings is 3. The predicted octanol–water partition coefficient (Wildman–Crippen LogP) is 5.50. The lowest BCUT2D eigenvalue weighted by Crippen LogP contribution is -1.92. The van der Waals surface area contributed by atoms with Gasteiger partial charge >= 0.3 is 0 Å². The van der Waals surface area contributed by atoms with E-state index in [1.54, 1.807) is 0 Å². The number of fused-ring (bicyclic) bond motifs is 2. The number of anilines is 1. The van der Waals surface area contributed by atoms with Crippen molar-refractivity contribution in [2.24, 2.45) is 0 Å². The SMILES string of the molecule is Nc1c(Cl)c#ccc1-c1c2ccccc2cc2ccccc12. The van der Waals surface area contributed by atoms with Gasteiger partial charge in [0.15, 0.2) is 0 Å². The Balaban J connectivity index is 2.24. The lowest BCUT2D eigenvalue weighted by atomic mass is 9.92. The van der Waals surface area contributed by atoms with Crippen LogP contribution in [0.4, 0.5) is 5.69 Å². The summed E-state index contributed by atoms with van der Waals surface area (Å²) in [7, 11) is 0. The lowest BCUT2D eigenvalue weighted by molar-refractivity contribution is 1.67. The van der Waals surface area contributed by atoms with Crippen molar-refractivity contribution in [3.05, 3.63) is 77.8 Å². The minimum Gasteiger partial charge on any atom is -0.396 e. The Kier molecular flexibility index (Phi) is 2.92. The standard InChI is InChI=1S/C20H12ClN/c21-18-11-5-10-17(20(18)22)19-15-8-3-1-6-13(15)12-14-7-2-4-9-16(14)19/h1-4,6-10,12H,22H2. The molecular formula is C20H12ClN. The summed E-state index contributed by atoms with van der Waals surface area (Å²) in [6.45, 7) is 0. The number of hydrogen-bond donors (Lipinski definition) is 1. The van der Waals surface area contributed by atoms with Crippen LogP contribution in [0.25, 0.3) is 32.7 Å². The van der Waals surface area contributed by atoms with Gasteiger partial charge in [0.05, 0.1) is 5.69 Å². The molecule has 0 radical (unpaired) electrons. The van der Waals surface area contributed by atoms with Crippen molar-refractivity contribution in [2.45, 2.75) is 0 Å². The van der Waals surface area contributed by atoms with Gasteiger partial charge in [-0.1, -0.05) is 66.2 Å². The van der Waals surface area contributed by atoms with Crippen LogP contribution in [0.2, 0.25) is 5.02 Å². The normalized spacial score (nSPS) is 10.8. The van der Waals surface area contributed by atoms with Gasteiger partial charge in [-0.2, -0.15) is 0 Å². The predicted molar refractivity (Wildman–Crippen MR) is 94.0 cm³/mol. The van der Waals surface area contributed by atoms with E-state index in [1.165, 1.54) is 10.8 Å². The van der Waals surface area contributed by atoms with Crippen LogP contribution in [0.3, 0.4) is 0 Å². The van der Waals surface area contributed by atoms with Gasteiger partial charge in [0.1, 0.15) is 5.02 Å². The molecule has 0 aliphatic carbocycles. The molecule has 0 bridgehead atoms. The Bertz CT molecular complexity index is 951. The summed E-state index contributed by atoms with van der Waals surface area (Å²) in [5.41, 5.74) is 8.75. The first-order valence-electron chi connectivity index (χ1n) is 7.04. The molecule has 2 N–H and O–H groups in total. The first kappa shape index (κ1) is 13.0. The summed E-state index contributed by atoms with van der Waals surface area (Å²) in [5.74, 6) is 0. The van der Waals surface area contributed by atoms with E-state index in [0.29, 0.717) is 10.7 Å². The van der Waals surface area contributed by atoms with E-state index in [4.69, 9.17) is 17.3 Å². The highest BCUT2D eigenvalue weighted by atomic mass is 35.5. The zero-order chi connectivity index (χ0) is 15.1. The van der Waals surface area contributed by atoms with E-state index < -0.39 is 0 Å². The Morgan fingerprint density at radius 3 is 2.09 bits per heavy atom. The topological polar surface area (TPSA) is 26.0 Å². The second-order valence-corrected chi connectivity index (χ2v) is 5.63. The van der Waals surface area contributed by atoms with Gasteiger partial charge in [-0.25, -0.2) is 0 Å². The van der Waals surface area contributed by atoms with Crippen molar-refractivity contribution in [3.63, 3.8) is 0 Å². The van der Waals surface area contributed by atoms with E-state index in [9.17, 15) is 0 Å². The minimum absolute atomic E-state index is 0.412. The quantitative estimate of drug-likeness (QED) is 0.462. The molecule has 0 fully saturated rings. The average molecular weight is 302 g/mol. The van der Waals surface area contributed by atoms with Gasteiger partial charge in [-0.05, 0) is 39.7 Å². The Morgan fingerprint density at radius 2 is 1.45 bits per heavy atom. The van der Waals surface area contributed by atoms with E-state index in [2.05, 4.69) is 42.5 Å². The third-order valence-electron chi connectivity index (χ3n) is 3.97. The van der Waals surface area contributed by atoms with Gasteiger partial charge in [-0.15, -0.1) is 0 Å². The molecule has 0 aromatic heterocycles. The van der Waals surface area contributed by atoms with Crippen LogP contribution >= 0.6 is 11.6 Å². The molecule has 0 aliphatic rings. The van der Waals surface area contributed by atoms with Crippen molar-refractivity contribution < 1.29 is 0 Å². The van der Waals surface area contributed by atoms with Gasteiger partial charge in [0, 0.05) is 11.1 Å². The molecule has 0 aliphatic heterocycles. The summed E-state index contributed by atoms with van der Waals surface area (Å²) in [6, 6.07) is 26.5. The summed E-state index contributed by atoms with van der Waals surface area (Å²) in [4.78, 5) is 0. The largest absolute Gasteiger partial charge is 0.396 e. The molecule has 0 atom stereocenters. The Hall–Kier alpha value is -2.69. The first-order valence-corrected chi connectivity index (χ1v) is 7.42. The summed E-state index contributed by atoms with van der Waals surface area (Å²) in [5, 5.41) is 5.08. The second-order valence-electron chi connectivity index (χ2n) is 5.25. The van der Waals surface area contributed by atoms with Gasteiger partial charge in [-0.3, -0.25) is 0 Å². The molecule has 22 heavy (non-hydrogen) atoms. The van der Waals surface area contributed by atoms with Gasteiger partial charge < -0.3 is 5.73 Å². The summed E-state index contributed by atoms with van der Waals surface area (Å²) < 4.78 is 0. The first-order chi connectivity index (χ1) is 10.8. The summed E-state index contributed by atoms with van der Waals surface area (Å²) in [6.07, 6.45) is 0. The Morgan fingerprint density at radius 1 is 0.864 bits per heavy atom. The van der Waals surface area contributed by atoms with Crippen LogP contribution in [0.5, 0.6) is 0 Å². The molecule has 0 saturated carbocycles. The minimum atomic E-state index is 0.412. The van der Waals surface area contributed by atoms with E-state index in [1.807, 2.05) is 30.3 Å². The van der Waals surface area contributed by atoms with E-state index in [0.717, 1.165) is 21.9 Å². The number of rotatable bonds is 1. The third-order valence-corrected chi connectivity index (χ3v) is 4.26. The summed E-state index contributed by atoms with van der Waals surface area (Å²) >= 11 is 6.15. The van der Waals surface area contributed by atoms with Crippen LogP contribution in [-0.2, 0) is 0 Å². The molecular weight excluding hydrogens is 290 g/mol. The maximum atomic E-state index is 6.21. The lowest BCUT2D eigenvalue weighted by Gasteiger charge is -2.13. The number of nitrogen functional groups attached to an aromatic ring is 1. The highest BCUT2D eigenvalue weighted by Gasteiger charge is 2.13. The molecule has 1 nitrogen and oxygen atoms in total. The van der Waals surface area contributed by atoms with Gasteiger partial charge in [0.25, 0.3) is 0 Å². The van der Waals surface area contributed by atoms with Crippen molar-refractivity contribution >= 4 is 38.8 Å². The van der Waals surface area contributed by atoms with Crippen molar-refractivity contribution in [3.8, 4) is 11.1 Å². The molecule has 0 amide bonds.